The summed E-state index contributed by atoms with van der Waals surface area (Å²) in [5.41, 5.74) is 1.35. The van der Waals surface area contributed by atoms with Gasteiger partial charge in [0.15, 0.2) is 0 Å². The summed E-state index contributed by atoms with van der Waals surface area (Å²) in [6.45, 7) is 4.28. The fourth-order valence-corrected chi connectivity index (χ4v) is 2.84. The lowest BCUT2D eigenvalue weighted by molar-refractivity contribution is 0.0710. The second-order valence-electron chi connectivity index (χ2n) is 5.83. The number of pyridine rings is 1. The molecule has 0 radical (unpaired) electrons. The van der Waals surface area contributed by atoms with Gasteiger partial charge in [-0.25, -0.2) is 4.98 Å². The Morgan fingerprint density at radius 3 is 2.96 bits per heavy atom. The third-order valence-corrected chi connectivity index (χ3v) is 4.05. The number of amides is 1. The minimum Gasteiger partial charge on any atom is -0.495 e. The second-order valence-corrected chi connectivity index (χ2v) is 5.83. The highest BCUT2D eigenvalue weighted by atomic mass is 16.5. The summed E-state index contributed by atoms with van der Waals surface area (Å²) < 4.78 is 5.35. The molecule has 2 N–H and O–H groups in total. The van der Waals surface area contributed by atoms with Gasteiger partial charge >= 0.3 is 0 Å². The third-order valence-electron chi connectivity index (χ3n) is 4.05. The molecule has 1 atom stereocenters. The molecule has 1 unspecified atom stereocenters. The van der Waals surface area contributed by atoms with Crippen molar-refractivity contribution in [1.82, 2.24) is 15.2 Å². The molecule has 0 aliphatic carbocycles. The van der Waals surface area contributed by atoms with Crippen LogP contribution >= 0.6 is 0 Å². The fourth-order valence-electron chi connectivity index (χ4n) is 2.84. The fraction of sp³-hybridized carbons (Fsp3) is 0.333. The molecule has 126 valence electrons. The average Bonchev–Trinajstić information content (AvgIpc) is 2.62. The van der Waals surface area contributed by atoms with Crippen molar-refractivity contribution in [2.24, 2.45) is 0 Å². The van der Waals surface area contributed by atoms with Crippen LogP contribution in [0.2, 0.25) is 0 Å². The Balaban J connectivity index is 1.86. The number of piperazine rings is 1. The van der Waals surface area contributed by atoms with Gasteiger partial charge in [-0.2, -0.15) is 0 Å². The Morgan fingerprint density at radius 2 is 2.17 bits per heavy atom. The molecule has 1 aliphatic rings. The first kappa shape index (κ1) is 16.3. The number of para-hydroxylation sites is 2. The number of carbonyl (C=O) groups is 1. The Morgan fingerprint density at radius 1 is 1.33 bits per heavy atom. The van der Waals surface area contributed by atoms with Gasteiger partial charge in [-0.15, -0.1) is 0 Å². The van der Waals surface area contributed by atoms with E-state index >= 15 is 0 Å². The molecule has 0 saturated carbocycles. The number of hydrogen-bond acceptors (Lipinski definition) is 5. The van der Waals surface area contributed by atoms with Gasteiger partial charge < -0.3 is 20.3 Å². The van der Waals surface area contributed by atoms with E-state index in [2.05, 4.69) is 22.5 Å². The molecule has 3 rings (SSSR count). The first-order valence-electron chi connectivity index (χ1n) is 8.06. The molecule has 6 heteroatoms. The number of hydrogen-bond donors (Lipinski definition) is 2. The van der Waals surface area contributed by atoms with Crippen LogP contribution in [0.4, 0.5) is 11.5 Å². The van der Waals surface area contributed by atoms with Crippen LogP contribution in [-0.4, -0.2) is 48.6 Å². The molecular weight excluding hydrogens is 304 g/mol. The van der Waals surface area contributed by atoms with Gasteiger partial charge in [-0.3, -0.25) is 4.79 Å². The van der Waals surface area contributed by atoms with Crippen molar-refractivity contribution >= 4 is 17.4 Å². The van der Waals surface area contributed by atoms with Crippen LogP contribution in [0.25, 0.3) is 0 Å². The van der Waals surface area contributed by atoms with Gasteiger partial charge in [-0.05, 0) is 31.2 Å². The van der Waals surface area contributed by atoms with Crippen molar-refractivity contribution in [3.63, 3.8) is 0 Å². The van der Waals surface area contributed by atoms with E-state index in [1.807, 2.05) is 29.2 Å². The number of nitrogens with zero attached hydrogens (tertiary/aromatic N) is 2. The van der Waals surface area contributed by atoms with Crippen LogP contribution in [-0.2, 0) is 0 Å². The van der Waals surface area contributed by atoms with E-state index in [-0.39, 0.29) is 5.91 Å². The number of aromatic nitrogens is 1. The van der Waals surface area contributed by atoms with Gasteiger partial charge in [0.05, 0.1) is 18.4 Å². The third kappa shape index (κ3) is 3.49. The molecule has 1 aromatic heterocycles. The molecule has 1 aromatic carbocycles. The van der Waals surface area contributed by atoms with Crippen molar-refractivity contribution in [1.29, 1.82) is 0 Å². The predicted octanol–water partition coefficient (Wildman–Crippen LogP) is 2.27. The van der Waals surface area contributed by atoms with Crippen molar-refractivity contribution < 1.29 is 9.53 Å². The Bertz CT molecular complexity index is 720. The lowest BCUT2D eigenvalue weighted by Crippen LogP contribution is -2.51. The number of anilines is 2. The predicted molar refractivity (Wildman–Crippen MR) is 93.9 cm³/mol. The van der Waals surface area contributed by atoms with Gasteiger partial charge in [0.25, 0.3) is 5.91 Å². The summed E-state index contributed by atoms with van der Waals surface area (Å²) in [4.78, 5) is 19.1. The summed E-state index contributed by atoms with van der Waals surface area (Å²) in [5, 5.41) is 6.57. The zero-order valence-electron chi connectivity index (χ0n) is 14.0. The monoisotopic (exact) mass is 326 g/mol. The quantitative estimate of drug-likeness (QED) is 0.902. The number of rotatable bonds is 4. The van der Waals surface area contributed by atoms with Crippen molar-refractivity contribution in [2.75, 3.05) is 32.1 Å². The molecule has 2 heterocycles. The second kappa shape index (κ2) is 7.31. The van der Waals surface area contributed by atoms with E-state index in [0.717, 1.165) is 12.2 Å². The van der Waals surface area contributed by atoms with Gasteiger partial charge in [0.1, 0.15) is 11.6 Å². The molecule has 1 aliphatic heterocycles. The molecule has 2 aromatic rings. The van der Waals surface area contributed by atoms with E-state index in [1.165, 1.54) is 0 Å². The molecule has 1 saturated heterocycles. The number of carbonyl (C=O) groups excluding carboxylic acids is 1. The molecule has 24 heavy (non-hydrogen) atoms. The van der Waals surface area contributed by atoms with Gasteiger partial charge in [0, 0.05) is 31.9 Å². The molecule has 1 amide bonds. The lowest BCUT2D eigenvalue weighted by atomic mass is 10.1. The smallest absolute Gasteiger partial charge is 0.257 e. The van der Waals surface area contributed by atoms with Crippen molar-refractivity contribution in [3.8, 4) is 5.75 Å². The van der Waals surface area contributed by atoms with Crippen LogP contribution in [0.15, 0.2) is 42.6 Å². The highest BCUT2D eigenvalue weighted by Gasteiger charge is 2.24. The van der Waals surface area contributed by atoms with E-state index in [0.29, 0.717) is 36.3 Å². The van der Waals surface area contributed by atoms with Crippen LogP contribution < -0.4 is 15.4 Å². The highest BCUT2D eigenvalue weighted by molar-refractivity contribution is 5.99. The minimum absolute atomic E-state index is 0.00570. The molecular formula is C18H22N4O2. The van der Waals surface area contributed by atoms with E-state index < -0.39 is 0 Å². The number of benzene rings is 1. The van der Waals surface area contributed by atoms with Gasteiger partial charge in [0.2, 0.25) is 0 Å². The van der Waals surface area contributed by atoms with Crippen LogP contribution in [0.1, 0.15) is 17.3 Å². The maximum absolute atomic E-state index is 12.9. The van der Waals surface area contributed by atoms with E-state index in [9.17, 15) is 4.79 Å². The Kier molecular flexibility index (Phi) is 4.96. The zero-order chi connectivity index (χ0) is 16.9. The molecule has 1 fully saturated rings. The zero-order valence-corrected chi connectivity index (χ0v) is 14.0. The number of ether oxygens (including phenoxy) is 1. The first-order chi connectivity index (χ1) is 11.7. The van der Waals surface area contributed by atoms with Crippen molar-refractivity contribution in [2.45, 2.75) is 13.0 Å². The maximum atomic E-state index is 12.9. The Labute approximate surface area is 141 Å². The SMILES string of the molecule is COc1ccccc1Nc1ncccc1C(=O)N1CCNC(C)C1. The normalized spacial score (nSPS) is 17.4. The van der Waals surface area contributed by atoms with Crippen LogP contribution in [0.3, 0.4) is 0 Å². The molecule has 0 bridgehead atoms. The van der Waals surface area contributed by atoms with Crippen molar-refractivity contribution in [3.05, 3.63) is 48.2 Å². The summed E-state index contributed by atoms with van der Waals surface area (Å²) in [7, 11) is 1.62. The van der Waals surface area contributed by atoms with E-state index in [1.54, 1.807) is 25.4 Å². The summed E-state index contributed by atoms with van der Waals surface area (Å²) in [6.07, 6.45) is 1.68. The van der Waals surface area contributed by atoms with Crippen LogP contribution in [0, 0.1) is 0 Å². The number of methoxy groups -OCH3 is 1. The summed E-state index contributed by atoms with van der Waals surface area (Å²) in [5.74, 6) is 1.24. The average molecular weight is 326 g/mol. The summed E-state index contributed by atoms with van der Waals surface area (Å²) in [6, 6.07) is 11.5. The van der Waals surface area contributed by atoms with Crippen LogP contribution in [0.5, 0.6) is 5.75 Å². The highest BCUT2D eigenvalue weighted by Crippen LogP contribution is 2.28. The maximum Gasteiger partial charge on any atom is 0.257 e. The minimum atomic E-state index is -0.00570. The lowest BCUT2D eigenvalue weighted by Gasteiger charge is -2.32. The molecule has 6 nitrogen and oxygen atoms in total. The summed E-state index contributed by atoms with van der Waals surface area (Å²) >= 11 is 0. The van der Waals surface area contributed by atoms with Gasteiger partial charge in [-0.1, -0.05) is 12.1 Å². The molecule has 0 spiro atoms. The number of nitrogens with one attached hydrogen (secondary N) is 2. The topological polar surface area (TPSA) is 66.5 Å². The first-order valence-corrected chi connectivity index (χ1v) is 8.06. The standard InChI is InChI=1S/C18H22N4O2/c1-13-12-22(11-10-19-13)18(23)14-6-5-9-20-17(14)21-15-7-3-4-8-16(15)24-2/h3-9,13,19H,10-12H2,1-2H3,(H,20,21). The van der Waals surface area contributed by atoms with E-state index in [4.69, 9.17) is 4.74 Å². The largest absolute Gasteiger partial charge is 0.495 e. The Hall–Kier alpha value is -2.60.